The fraction of sp³-hybridized carbons (Fsp3) is 0.0909. The Morgan fingerprint density at radius 3 is 2.75 bits per heavy atom. The number of halogens is 2. The van der Waals surface area contributed by atoms with E-state index in [1.54, 1.807) is 34.4 Å². The summed E-state index contributed by atoms with van der Waals surface area (Å²) in [5.41, 5.74) is 2.37. The molecule has 0 aromatic carbocycles. The van der Waals surface area contributed by atoms with Crippen molar-refractivity contribution in [1.82, 2.24) is 0 Å². The molecule has 2 rings (SSSR count). The van der Waals surface area contributed by atoms with Crippen LogP contribution in [0, 0.1) is 0 Å². The van der Waals surface area contributed by atoms with Crippen molar-refractivity contribution in [3.63, 3.8) is 0 Å². The first-order valence-corrected chi connectivity index (χ1v) is 8.53. The van der Waals surface area contributed by atoms with Crippen molar-refractivity contribution in [2.24, 2.45) is 0 Å². The second-order valence-corrected chi connectivity index (χ2v) is 8.04. The minimum absolute atomic E-state index is 0.807. The molecule has 0 aliphatic carbocycles. The number of hydrogen-bond acceptors (Lipinski definition) is 3. The Labute approximate surface area is 120 Å². The molecule has 0 unspecified atom stereocenters. The maximum atomic E-state index is 5.93. The van der Waals surface area contributed by atoms with Crippen LogP contribution in [-0.4, -0.2) is 6.26 Å². The van der Waals surface area contributed by atoms with E-state index in [2.05, 4.69) is 45.8 Å². The summed E-state index contributed by atoms with van der Waals surface area (Å²) < 4.78 is 3.22. The number of thiophene rings is 2. The zero-order valence-corrected chi connectivity index (χ0v) is 13.2. The highest BCUT2D eigenvalue weighted by Gasteiger charge is 2.02. The second kappa shape index (κ2) is 5.74. The second-order valence-electron chi connectivity index (χ2n) is 3.02. The van der Waals surface area contributed by atoms with E-state index >= 15 is 0 Å². The number of rotatable bonds is 3. The average molecular weight is 352 g/mol. The fourth-order valence-electron chi connectivity index (χ4n) is 1.18. The third kappa shape index (κ3) is 3.14. The molecule has 5 heteroatoms. The van der Waals surface area contributed by atoms with Gasteiger partial charge in [0.25, 0.3) is 0 Å². The zero-order valence-electron chi connectivity index (χ0n) is 8.37. The SMILES string of the molecule is CSc1cc(/C=C\c2cc(Cl)sc2Br)cs1. The van der Waals surface area contributed by atoms with Crippen LogP contribution in [0.4, 0.5) is 0 Å². The molecule has 0 spiro atoms. The van der Waals surface area contributed by atoms with Gasteiger partial charge in [-0.05, 0) is 45.3 Å². The van der Waals surface area contributed by atoms with Crippen molar-refractivity contribution in [3.8, 4) is 0 Å². The van der Waals surface area contributed by atoms with E-state index in [1.807, 2.05) is 6.07 Å². The Balaban J connectivity index is 2.17. The molecule has 2 heterocycles. The number of hydrogen-bond donors (Lipinski definition) is 0. The Morgan fingerprint density at radius 2 is 2.19 bits per heavy atom. The lowest BCUT2D eigenvalue weighted by atomic mass is 10.2. The largest absolute Gasteiger partial charge is 0.137 e. The van der Waals surface area contributed by atoms with Crippen LogP contribution in [0.25, 0.3) is 12.2 Å². The standard InChI is InChI=1S/C11H8BrClS3/c1-14-10-4-7(6-15-10)2-3-8-5-9(13)16-11(8)12/h2-6H,1H3/b3-2-. The van der Waals surface area contributed by atoms with Gasteiger partial charge < -0.3 is 0 Å². The molecule has 0 radical (unpaired) electrons. The Hall–Kier alpha value is 0.260. The molecule has 0 saturated carbocycles. The van der Waals surface area contributed by atoms with E-state index in [4.69, 9.17) is 11.6 Å². The smallest absolute Gasteiger partial charge is 0.0946 e. The Bertz CT molecular complexity index is 513. The molecule has 0 atom stereocenters. The van der Waals surface area contributed by atoms with Crippen LogP contribution >= 0.6 is 62.0 Å². The number of thioether (sulfide) groups is 1. The van der Waals surface area contributed by atoms with Crippen molar-refractivity contribution < 1.29 is 0 Å². The fourth-order valence-corrected chi connectivity index (χ4v) is 4.56. The van der Waals surface area contributed by atoms with E-state index in [0.29, 0.717) is 0 Å². The van der Waals surface area contributed by atoms with E-state index in [9.17, 15) is 0 Å². The normalized spacial score (nSPS) is 11.4. The summed E-state index contributed by atoms with van der Waals surface area (Å²) in [7, 11) is 0. The highest BCUT2D eigenvalue weighted by atomic mass is 79.9. The predicted octanol–water partition coefficient (Wildman–Crippen LogP) is 6.12. The average Bonchev–Trinajstić information content (AvgIpc) is 2.82. The minimum Gasteiger partial charge on any atom is -0.137 e. The lowest BCUT2D eigenvalue weighted by molar-refractivity contribution is 1.70. The Kier molecular flexibility index (Phi) is 4.56. The molecular formula is C11H8BrClS3. The molecule has 2 aromatic heterocycles. The van der Waals surface area contributed by atoms with Crippen molar-refractivity contribution in [2.75, 3.05) is 6.26 Å². The van der Waals surface area contributed by atoms with Crippen molar-refractivity contribution >= 4 is 74.1 Å². The monoisotopic (exact) mass is 350 g/mol. The first kappa shape index (κ1) is 12.7. The summed E-state index contributed by atoms with van der Waals surface area (Å²) in [5, 5.41) is 2.16. The third-order valence-corrected chi connectivity index (χ3v) is 6.00. The van der Waals surface area contributed by atoms with Crippen LogP contribution in [0.15, 0.2) is 25.5 Å². The highest BCUT2D eigenvalue weighted by molar-refractivity contribution is 9.11. The molecule has 0 nitrogen and oxygen atoms in total. The first-order valence-electron chi connectivity index (χ1n) is 4.44. The predicted molar refractivity (Wildman–Crippen MR) is 82.1 cm³/mol. The van der Waals surface area contributed by atoms with Crippen molar-refractivity contribution in [2.45, 2.75) is 4.21 Å². The van der Waals surface area contributed by atoms with Gasteiger partial charge in [-0.25, -0.2) is 0 Å². The molecule has 0 N–H and O–H groups in total. The summed E-state index contributed by atoms with van der Waals surface area (Å²) in [6, 6.07) is 4.16. The topological polar surface area (TPSA) is 0 Å². The molecule has 0 bridgehead atoms. The first-order chi connectivity index (χ1) is 7.69. The summed E-state index contributed by atoms with van der Waals surface area (Å²) >= 11 is 14.5. The molecule has 0 amide bonds. The zero-order chi connectivity index (χ0) is 11.5. The quantitative estimate of drug-likeness (QED) is 0.600. The maximum Gasteiger partial charge on any atom is 0.0946 e. The van der Waals surface area contributed by atoms with E-state index in [-0.39, 0.29) is 0 Å². The van der Waals surface area contributed by atoms with Gasteiger partial charge >= 0.3 is 0 Å². The summed E-state index contributed by atoms with van der Waals surface area (Å²) in [6.07, 6.45) is 6.28. The molecule has 2 aromatic rings. The molecule has 0 aliphatic heterocycles. The highest BCUT2D eigenvalue weighted by Crippen LogP contribution is 2.33. The van der Waals surface area contributed by atoms with Gasteiger partial charge in [0.15, 0.2) is 0 Å². The van der Waals surface area contributed by atoms with Crippen LogP contribution < -0.4 is 0 Å². The van der Waals surface area contributed by atoms with E-state index in [1.165, 1.54) is 9.77 Å². The summed E-state index contributed by atoms with van der Waals surface area (Å²) in [6.45, 7) is 0. The lowest BCUT2D eigenvalue weighted by Crippen LogP contribution is -1.64. The summed E-state index contributed by atoms with van der Waals surface area (Å²) in [4.78, 5) is 0. The van der Waals surface area contributed by atoms with Gasteiger partial charge in [0, 0.05) is 5.56 Å². The molecule has 0 fully saturated rings. The van der Waals surface area contributed by atoms with Crippen LogP contribution in [0.3, 0.4) is 0 Å². The van der Waals surface area contributed by atoms with Crippen LogP contribution in [0.2, 0.25) is 4.34 Å². The van der Waals surface area contributed by atoms with Gasteiger partial charge in [-0.15, -0.1) is 34.4 Å². The Morgan fingerprint density at radius 1 is 1.38 bits per heavy atom. The minimum atomic E-state index is 0.807. The van der Waals surface area contributed by atoms with Gasteiger partial charge in [0.1, 0.15) is 0 Å². The van der Waals surface area contributed by atoms with Crippen molar-refractivity contribution in [1.29, 1.82) is 0 Å². The molecule has 84 valence electrons. The van der Waals surface area contributed by atoms with Crippen LogP contribution in [-0.2, 0) is 0 Å². The van der Waals surface area contributed by atoms with Gasteiger partial charge in [-0.3, -0.25) is 0 Å². The van der Waals surface area contributed by atoms with Gasteiger partial charge in [-0.1, -0.05) is 23.8 Å². The van der Waals surface area contributed by atoms with Gasteiger partial charge in [-0.2, -0.15) is 0 Å². The summed E-state index contributed by atoms with van der Waals surface area (Å²) in [5.74, 6) is 0. The molecule has 0 aliphatic rings. The van der Waals surface area contributed by atoms with Crippen LogP contribution in [0.5, 0.6) is 0 Å². The van der Waals surface area contributed by atoms with E-state index < -0.39 is 0 Å². The molecule has 0 saturated heterocycles. The molecule has 16 heavy (non-hydrogen) atoms. The third-order valence-electron chi connectivity index (χ3n) is 1.94. The lowest BCUT2D eigenvalue weighted by Gasteiger charge is -1.87. The van der Waals surface area contributed by atoms with Gasteiger partial charge in [0.05, 0.1) is 12.3 Å². The van der Waals surface area contributed by atoms with Crippen LogP contribution in [0.1, 0.15) is 11.1 Å². The van der Waals surface area contributed by atoms with Gasteiger partial charge in [0.2, 0.25) is 0 Å². The maximum absolute atomic E-state index is 5.93. The molecular weight excluding hydrogens is 344 g/mol. The van der Waals surface area contributed by atoms with E-state index in [0.717, 1.165) is 13.7 Å². The van der Waals surface area contributed by atoms with Crippen molar-refractivity contribution in [3.05, 3.63) is 36.8 Å².